The first-order valence-electron chi connectivity index (χ1n) is 3.49. The van der Waals surface area contributed by atoms with E-state index in [9.17, 15) is 0 Å². The summed E-state index contributed by atoms with van der Waals surface area (Å²) in [6.45, 7) is 11.8. The molecule has 0 atom stereocenters. The predicted octanol–water partition coefficient (Wildman–Crippen LogP) is 2.27. The fraction of sp³-hybridized carbons (Fsp3) is 0.875. The fourth-order valence-electron chi connectivity index (χ4n) is 0.493. The second-order valence-electron chi connectivity index (χ2n) is 3.22. The summed E-state index contributed by atoms with van der Waals surface area (Å²) >= 11 is 0. The molecule has 0 saturated heterocycles. The lowest BCUT2D eigenvalue weighted by Crippen LogP contribution is -2.15. The molecule has 0 aliphatic rings. The highest BCUT2D eigenvalue weighted by Gasteiger charge is 2.08. The van der Waals surface area contributed by atoms with Gasteiger partial charge in [-0.3, -0.25) is 0 Å². The summed E-state index contributed by atoms with van der Waals surface area (Å²) in [7, 11) is 0. The highest BCUT2D eigenvalue weighted by atomic mass is 16.5. The second-order valence-corrected chi connectivity index (χ2v) is 3.22. The third-order valence-electron chi connectivity index (χ3n) is 0.841. The van der Waals surface area contributed by atoms with E-state index in [0.717, 1.165) is 19.6 Å². The molecule has 0 aromatic carbocycles. The molecule has 0 aromatic heterocycles. The zero-order valence-corrected chi connectivity index (χ0v) is 6.74. The van der Waals surface area contributed by atoms with Crippen LogP contribution in [0.3, 0.4) is 0 Å². The van der Waals surface area contributed by atoms with E-state index in [1.165, 1.54) is 0 Å². The van der Waals surface area contributed by atoms with Gasteiger partial charge < -0.3 is 4.74 Å². The quantitative estimate of drug-likeness (QED) is 0.529. The van der Waals surface area contributed by atoms with Crippen LogP contribution in [-0.4, -0.2) is 13.2 Å². The van der Waals surface area contributed by atoms with Crippen molar-refractivity contribution in [2.24, 2.45) is 5.41 Å². The van der Waals surface area contributed by atoms with Gasteiger partial charge in [-0.1, -0.05) is 20.8 Å². The van der Waals surface area contributed by atoms with Gasteiger partial charge in [-0.05, 0) is 18.8 Å². The highest BCUT2D eigenvalue weighted by Crippen LogP contribution is 2.11. The molecule has 1 radical (unpaired) electrons. The van der Waals surface area contributed by atoms with Gasteiger partial charge in [-0.25, -0.2) is 0 Å². The SMILES string of the molecule is [CH2]C(C)(C)COCCC. The summed E-state index contributed by atoms with van der Waals surface area (Å²) in [6, 6.07) is 0. The van der Waals surface area contributed by atoms with E-state index in [1.807, 2.05) is 0 Å². The zero-order valence-electron chi connectivity index (χ0n) is 6.74. The third-order valence-corrected chi connectivity index (χ3v) is 0.841. The molecule has 0 unspecified atom stereocenters. The van der Waals surface area contributed by atoms with Crippen molar-refractivity contribution in [3.8, 4) is 0 Å². The largest absolute Gasteiger partial charge is 0.381 e. The Balaban J connectivity index is 3.07. The van der Waals surface area contributed by atoms with Crippen molar-refractivity contribution in [2.75, 3.05) is 13.2 Å². The predicted molar refractivity (Wildman–Crippen MR) is 40.2 cm³/mol. The summed E-state index contributed by atoms with van der Waals surface area (Å²) in [5.74, 6) is 0. The molecule has 0 spiro atoms. The maximum absolute atomic E-state index is 5.28. The molecule has 55 valence electrons. The molecule has 0 saturated carbocycles. The van der Waals surface area contributed by atoms with Gasteiger partial charge >= 0.3 is 0 Å². The number of hydrogen-bond donors (Lipinski definition) is 0. The number of rotatable bonds is 4. The zero-order chi connectivity index (χ0) is 7.33. The Morgan fingerprint density at radius 2 is 2.00 bits per heavy atom. The minimum atomic E-state index is 0.0785. The van der Waals surface area contributed by atoms with E-state index < -0.39 is 0 Å². The monoisotopic (exact) mass is 129 g/mol. The Morgan fingerprint density at radius 3 is 2.33 bits per heavy atom. The van der Waals surface area contributed by atoms with Crippen molar-refractivity contribution in [3.05, 3.63) is 6.92 Å². The Bertz CT molecular complexity index is 61.5. The molecule has 9 heavy (non-hydrogen) atoms. The van der Waals surface area contributed by atoms with Crippen LogP contribution in [0, 0.1) is 12.3 Å². The first-order valence-corrected chi connectivity index (χ1v) is 3.49. The summed E-state index contributed by atoms with van der Waals surface area (Å²) in [5, 5.41) is 0. The van der Waals surface area contributed by atoms with Crippen LogP contribution in [-0.2, 0) is 4.74 Å². The van der Waals surface area contributed by atoms with Gasteiger partial charge in [0.2, 0.25) is 0 Å². The summed E-state index contributed by atoms with van der Waals surface area (Å²) < 4.78 is 5.28. The van der Waals surface area contributed by atoms with Crippen LogP contribution in [0.2, 0.25) is 0 Å². The van der Waals surface area contributed by atoms with Crippen molar-refractivity contribution in [1.82, 2.24) is 0 Å². The highest BCUT2D eigenvalue weighted by molar-refractivity contribution is 4.68. The van der Waals surface area contributed by atoms with E-state index in [1.54, 1.807) is 0 Å². The maximum Gasteiger partial charge on any atom is 0.0517 e. The van der Waals surface area contributed by atoms with Crippen LogP contribution in [0.15, 0.2) is 0 Å². The lowest BCUT2D eigenvalue weighted by molar-refractivity contribution is 0.0829. The Kier molecular flexibility index (Phi) is 3.87. The van der Waals surface area contributed by atoms with Crippen LogP contribution in [0.1, 0.15) is 27.2 Å². The van der Waals surface area contributed by atoms with E-state index in [-0.39, 0.29) is 5.41 Å². The van der Waals surface area contributed by atoms with E-state index >= 15 is 0 Å². The molecule has 0 N–H and O–H groups in total. The van der Waals surface area contributed by atoms with Gasteiger partial charge in [0, 0.05) is 6.61 Å². The van der Waals surface area contributed by atoms with Crippen molar-refractivity contribution in [2.45, 2.75) is 27.2 Å². The van der Waals surface area contributed by atoms with E-state index in [2.05, 4.69) is 27.7 Å². The molecule has 0 aromatic rings. The molecule has 1 heteroatoms. The fourth-order valence-corrected chi connectivity index (χ4v) is 0.493. The van der Waals surface area contributed by atoms with Crippen molar-refractivity contribution in [3.63, 3.8) is 0 Å². The molecular weight excluding hydrogens is 112 g/mol. The van der Waals surface area contributed by atoms with Crippen molar-refractivity contribution < 1.29 is 4.74 Å². The van der Waals surface area contributed by atoms with Gasteiger partial charge in [-0.15, -0.1) is 0 Å². The first-order chi connectivity index (χ1) is 4.06. The summed E-state index contributed by atoms with van der Waals surface area (Å²) in [4.78, 5) is 0. The molecule has 0 bridgehead atoms. The Hall–Kier alpha value is -0.0400. The molecule has 0 rings (SSSR count). The third kappa shape index (κ3) is 7.96. The van der Waals surface area contributed by atoms with Gasteiger partial charge in [0.15, 0.2) is 0 Å². The standard InChI is InChI=1S/C8H17O/c1-5-6-9-7-8(2,3)4/h2,5-7H2,1,3-4H3. The van der Waals surface area contributed by atoms with Crippen LogP contribution in [0.5, 0.6) is 0 Å². The maximum atomic E-state index is 5.28. The van der Waals surface area contributed by atoms with Crippen LogP contribution >= 0.6 is 0 Å². The van der Waals surface area contributed by atoms with Gasteiger partial charge in [0.25, 0.3) is 0 Å². The van der Waals surface area contributed by atoms with Crippen molar-refractivity contribution >= 4 is 0 Å². The topological polar surface area (TPSA) is 9.23 Å². The van der Waals surface area contributed by atoms with Crippen LogP contribution in [0.4, 0.5) is 0 Å². The molecule has 0 aliphatic heterocycles. The van der Waals surface area contributed by atoms with Crippen molar-refractivity contribution in [1.29, 1.82) is 0 Å². The molecule has 0 heterocycles. The molecule has 0 fully saturated rings. The smallest absolute Gasteiger partial charge is 0.0517 e. The summed E-state index contributed by atoms with van der Waals surface area (Å²) in [5.41, 5.74) is 0.0785. The minimum Gasteiger partial charge on any atom is -0.381 e. The Labute approximate surface area is 58.4 Å². The average molecular weight is 129 g/mol. The van der Waals surface area contributed by atoms with Gasteiger partial charge in [0.1, 0.15) is 0 Å². The average Bonchev–Trinajstić information content (AvgIpc) is 1.63. The first kappa shape index (κ1) is 8.96. The molecule has 0 aliphatic carbocycles. The molecule has 0 amide bonds. The normalized spacial score (nSPS) is 12.0. The molecule has 1 nitrogen and oxygen atoms in total. The van der Waals surface area contributed by atoms with Gasteiger partial charge in [-0.2, -0.15) is 0 Å². The summed E-state index contributed by atoms with van der Waals surface area (Å²) in [6.07, 6.45) is 1.09. The number of ether oxygens (including phenoxy) is 1. The number of hydrogen-bond acceptors (Lipinski definition) is 1. The van der Waals surface area contributed by atoms with Crippen LogP contribution in [0.25, 0.3) is 0 Å². The Morgan fingerprint density at radius 1 is 1.44 bits per heavy atom. The van der Waals surface area contributed by atoms with Gasteiger partial charge in [0.05, 0.1) is 6.61 Å². The lowest BCUT2D eigenvalue weighted by Gasteiger charge is -2.17. The van der Waals surface area contributed by atoms with E-state index in [4.69, 9.17) is 4.74 Å². The van der Waals surface area contributed by atoms with Crippen LogP contribution < -0.4 is 0 Å². The minimum absolute atomic E-state index is 0.0785. The van der Waals surface area contributed by atoms with E-state index in [0.29, 0.717) is 0 Å². The lowest BCUT2D eigenvalue weighted by atomic mass is 9.99. The molecular formula is C8H17O. The second kappa shape index (κ2) is 3.89.